The molecule has 1 saturated carbocycles. The minimum Gasteiger partial charge on any atom is -0.357 e. The second-order valence-corrected chi connectivity index (χ2v) is 4.38. The lowest BCUT2D eigenvalue weighted by atomic mass is 9.93. The molecule has 0 spiro atoms. The van der Waals surface area contributed by atoms with Crippen LogP contribution in [0.15, 0.2) is 23.5 Å². The van der Waals surface area contributed by atoms with E-state index >= 15 is 0 Å². The maximum atomic E-state index is 4.22. The third kappa shape index (κ3) is 2.78. The molecule has 0 unspecified atom stereocenters. The van der Waals surface area contributed by atoms with E-state index in [0.717, 1.165) is 12.5 Å². The molecule has 1 fully saturated rings. The van der Waals surface area contributed by atoms with Gasteiger partial charge in [-0.25, -0.2) is 0 Å². The van der Waals surface area contributed by atoms with Gasteiger partial charge >= 0.3 is 0 Å². The zero-order chi connectivity index (χ0) is 11.4. The summed E-state index contributed by atoms with van der Waals surface area (Å²) in [6, 6.07) is 2.74. The Morgan fingerprint density at radius 1 is 1.56 bits per heavy atom. The van der Waals surface area contributed by atoms with Crippen LogP contribution in [0.25, 0.3) is 0 Å². The van der Waals surface area contributed by atoms with Gasteiger partial charge in [-0.15, -0.1) is 0 Å². The Labute approximate surface area is 96.8 Å². The molecule has 4 heteroatoms. The summed E-state index contributed by atoms with van der Waals surface area (Å²) in [6.45, 7) is 0.827. The minimum atomic E-state index is 0.627. The molecule has 2 N–H and O–H groups in total. The highest BCUT2D eigenvalue weighted by Crippen LogP contribution is 2.17. The minimum absolute atomic E-state index is 0.627. The summed E-state index contributed by atoms with van der Waals surface area (Å²) in [7, 11) is 3.85. The Kier molecular flexibility index (Phi) is 3.49. The Bertz CT molecular complexity index is 363. The lowest BCUT2D eigenvalue weighted by molar-refractivity contribution is 0.380. The van der Waals surface area contributed by atoms with Crippen molar-refractivity contribution < 1.29 is 0 Å². The van der Waals surface area contributed by atoms with Crippen LogP contribution in [0.1, 0.15) is 24.8 Å². The molecule has 1 aromatic rings. The molecular weight excluding hydrogens is 200 g/mol. The first-order chi connectivity index (χ1) is 7.78. The normalized spacial score (nSPS) is 17.0. The van der Waals surface area contributed by atoms with Crippen molar-refractivity contribution in [1.82, 2.24) is 15.2 Å². The number of guanidine groups is 1. The molecule has 0 aliphatic heterocycles. The first-order valence-corrected chi connectivity index (χ1v) is 5.86. The summed E-state index contributed by atoms with van der Waals surface area (Å²) < 4.78 is 2.05. The molecule has 0 atom stereocenters. The van der Waals surface area contributed by atoms with Gasteiger partial charge in [-0.3, -0.25) is 4.99 Å². The number of nitrogens with zero attached hydrogens (tertiary/aromatic N) is 2. The average Bonchev–Trinajstić information content (AvgIpc) is 2.62. The number of aryl methyl sites for hydroxylation is 1. The van der Waals surface area contributed by atoms with Crippen molar-refractivity contribution in [2.24, 2.45) is 12.0 Å². The highest BCUT2D eigenvalue weighted by Gasteiger charge is 2.17. The highest BCUT2D eigenvalue weighted by atomic mass is 15.2. The molecule has 0 bridgehead atoms. The average molecular weight is 220 g/mol. The molecular formula is C12H20N4. The molecule has 0 saturated heterocycles. The van der Waals surface area contributed by atoms with Gasteiger partial charge < -0.3 is 15.2 Å². The zero-order valence-corrected chi connectivity index (χ0v) is 10.0. The van der Waals surface area contributed by atoms with Gasteiger partial charge in [-0.05, 0) is 30.9 Å². The quantitative estimate of drug-likeness (QED) is 0.594. The summed E-state index contributed by atoms with van der Waals surface area (Å²) in [6.07, 6.45) is 8.05. The first-order valence-electron chi connectivity index (χ1n) is 5.86. The van der Waals surface area contributed by atoms with Crippen LogP contribution in [0.5, 0.6) is 0 Å². The second kappa shape index (κ2) is 5.05. The first kappa shape index (κ1) is 11.0. The third-order valence-electron chi connectivity index (χ3n) is 3.02. The largest absolute Gasteiger partial charge is 0.357 e. The van der Waals surface area contributed by atoms with Crippen LogP contribution in [-0.2, 0) is 13.6 Å². The maximum absolute atomic E-state index is 4.22. The van der Waals surface area contributed by atoms with Crippen LogP contribution in [0.4, 0.5) is 0 Å². The van der Waals surface area contributed by atoms with E-state index in [2.05, 4.69) is 38.7 Å². The van der Waals surface area contributed by atoms with Gasteiger partial charge in [0.1, 0.15) is 0 Å². The summed E-state index contributed by atoms with van der Waals surface area (Å²) in [5.74, 6) is 0.911. The van der Waals surface area contributed by atoms with Crippen LogP contribution >= 0.6 is 0 Å². The van der Waals surface area contributed by atoms with Gasteiger partial charge in [0.05, 0.1) is 0 Å². The summed E-state index contributed by atoms with van der Waals surface area (Å²) >= 11 is 0. The molecule has 2 rings (SSSR count). The zero-order valence-electron chi connectivity index (χ0n) is 10.0. The molecule has 0 radical (unpaired) electrons. The number of aromatic nitrogens is 1. The number of hydrogen-bond acceptors (Lipinski definition) is 1. The molecule has 1 aliphatic rings. The smallest absolute Gasteiger partial charge is 0.191 e. The van der Waals surface area contributed by atoms with E-state index in [9.17, 15) is 0 Å². The van der Waals surface area contributed by atoms with Gasteiger partial charge in [0.15, 0.2) is 5.96 Å². The van der Waals surface area contributed by atoms with Gasteiger partial charge in [0.25, 0.3) is 0 Å². The summed E-state index contributed by atoms with van der Waals surface area (Å²) in [5, 5.41) is 6.74. The van der Waals surface area contributed by atoms with Crippen molar-refractivity contribution in [1.29, 1.82) is 0 Å². The van der Waals surface area contributed by atoms with Crippen molar-refractivity contribution in [3.63, 3.8) is 0 Å². The molecule has 0 aromatic carbocycles. The Morgan fingerprint density at radius 3 is 2.88 bits per heavy atom. The fourth-order valence-electron chi connectivity index (χ4n) is 1.79. The van der Waals surface area contributed by atoms with Gasteiger partial charge in [0, 0.05) is 39.1 Å². The van der Waals surface area contributed by atoms with E-state index in [0.29, 0.717) is 6.04 Å². The molecule has 0 amide bonds. The van der Waals surface area contributed by atoms with E-state index in [1.807, 2.05) is 14.1 Å². The van der Waals surface area contributed by atoms with Gasteiger partial charge in [0.2, 0.25) is 0 Å². The van der Waals surface area contributed by atoms with Crippen molar-refractivity contribution in [2.45, 2.75) is 31.8 Å². The fourth-order valence-corrected chi connectivity index (χ4v) is 1.79. The van der Waals surface area contributed by atoms with Gasteiger partial charge in [-0.2, -0.15) is 0 Å². The molecule has 88 valence electrons. The predicted molar refractivity (Wildman–Crippen MR) is 66.4 cm³/mol. The number of hydrogen-bond donors (Lipinski definition) is 2. The Hall–Kier alpha value is -1.45. The van der Waals surface area contributed by atoms with Crippen molar-refractivity contribution in [2.75, 3.05) is 7.05 Å². The second-order valence-electron chi connectivity index (χ2n) is 4.38. The Morgan fingerprint density at radius 2 is 2.38 bits per heavy atom. The SMILES string of the molecule is CN=C(NCc1ccn(C)c1)NC1CCC1. The summed E-state index contributed by atoms with van der Waals surface area (Å²) in [4.78, 5) is 4.22. The molecule has 1 aromatic heterocycles. The predicted octanol–water partition coefficient (Wildman–Crippen LogP) is 1.24. The van der Waals surface area contributed by atoms with Crippen molar-refractivity contribution in [3.05, 3.63) is 24.0 Å². The van der Waals surface area contributed by atoms with E-state index in [1.54, 1.807) is 0 Å². The summed E-state index contributed by atoms with van der Waals surface area (Å²) in [5.41, 5.74) is 1.28. The lowest BCUT2D eigenvalue weighted by Crippen LogP contribution is -2.45. The van der Waals surface area contributed by atoms with E-state index in [1.165, 1.54) is 24.8 Å². The molecule has 16 heavy (non-hydrogen) atoms. The maximum Gasteiger partial charge on any atom is 0.191 e. The Balaban J connectivity index is 1.78. The number of rotatable bonds is 3. The van der Waals surface area contributed by atoms with Gasteiger partial charge in [-0.1, -0.05) is 0 Å². The van der Waals surface area contributed by atoms with Crippen LogP contribution in [0.2, 0.25) is 0 Å². The number of nitrogens with one attached hydrogen (secondary N) is 2. The van der Waals surface area contributed by atoms with Crippen LogP contribution in [-0.4, -0.2) is 23.6 Å². The van der Waals surface area contributed by atoms with Crippen LogP contribution in [0, 0.1) is 0 Å². The lowest BCUT2D eigenvalue weighted by Gasteiger charge is -2.28. The van der Waals surface area contributed by atoms with E-state index in [4.69, 9.17) is 0 Å². The highest BCUT2D eigenvalue weighted by molar-refractivity contribution is 5.80. The molecule has 1 aliphatic carbocycles. The topological polar surface area (TPSA) is 41.4 Å². The van der Waals surface area contributed by atoms with Crippen LogP contribution < -0.4 is 10.6 Å². The standard InChI is InChI=1S/C12H20N4/c1-13-12(15-11-4-3-5-11)14-8-10-6-7-16(2)9-10/h6-7,9,11H,3-5,8H2,1-2H3,(H2,13,14,15). The van der Waals surface area contributed by atoms with Crippen molar-refractivity contribution >= 4 is 5.96 Å². The van der Waals surface area contributed by atoms with Crippen LogP contribution in [0.3, 0.4) is 0 Å². The fraction of sp³-hybridized carbons (Fsp3) is 0.583. The molecule has 1 heterocycles. The monoisotopic (exact) mass is 220 g/mol. The van der Waals surface area contributed by atoms with E-state index in [-0.39, 0.29) is 0 Å². The van der Waals surface area contributed by atoms with Crippen molar-refractivity contribution in [3.8, 4) is 0 Å². The molecule has 4 nitrogen and oxygen atoms in total. The number of aliphatic imine (C=N–C) groups is 1. The van der Waals surface area contributed by atoms with E-state index < -0.39 is 0 Å². The third-order valence-corrected chi connectivity index (χ3v) is 3.02.